The second-order valence-corrected chi connectivity index (χ2v) is 4.34. The summed E-state index contributed by atoms with van der Waals surface area (Å²) < 4.78 is 0.846. The number of nitrogens with zero attached hydrogens (tertiary/aromatic N) is 2. The Labute approximate surface area is 99.0 Å². The number of aromatic amines is 1. The molecule has 0 bridgehead atoms. The maximum Gasteiger partial charge on any atom is 0.222 e. The van der Waals surface area contributed by atoms with Crippen molar-refractivity contribution in [3.05, 3.63) is 22.8 Å². The van der Waals surface area contributed by atoms with Crippen LogP contribution in [-0.2, 0) is 0 Å². The second-order valence-electron chi connectivity index (χ2n) is 3.49. The minimum Gasteiger partial charge on any atom is -0.383 e. The van der Waals surface area contributed by atoms with Crippen LogP contribution in [0.15, 0.2) is 22.8 Å². The van der Waals surface area contributed by atoms with Crippen molar-refractivity contribution in [3.63, 3.8) is 0 Å². The lowest BCUT2D eigenvalue weighted by molar-refractivity contribution is 1.24. The summed E-state index contributed by atoms with van der Waals surface area (Å²) in [6.45, 7) is 0. The van der Waals surface area contributed by atoms with Crippen LogP contribution in [-0.4, -0.2) is 15.0 Å². The fraction of sp³-hybridized carbons (Fsp3) is 0. The van der Waals surface area contributed by atoms with Gasteiger partial charge in [-0.1, -0.05) is 0 Å². The van der Waals surface area contributed by atoms with Crippen LogP contribution in [0, 0.1) is 0 Å². The number of hydrogen-bond donors (Lipinski definition) is 3. The van der Waals surface area contributed by atoms with Crippen molar-refractivity contribution in [2.75, 3.05) is 11.5 Å². The van der Waals surface area contributed by atoms with E-state index >= 15 is 0 Å². The van der Waals surface area contributed by atoms with Crippen LogP contribution < -0.4 is 11.5 Å². The van der Waals surface area contributed by atoms with E-state index in [4.69, 9.17) is 11.5 Å². The van der Waals surface area contributed by atoms with Crippen molar-refractivity contribution in [2.24, 2.45) is 0 Å². The Morgan fingerprint density at radius 1 is 1.25 bits per heavy atom. The molecule has 0 fully saturated rings. The van der Waals surface area contributed by atoms with Crippen molar-refractivity contribution in [2.45, 2.75) is 0 Å². The average Bonchev–Trinajstić information content (AvgIpc) is 2.65. The topological polar surface area (TPSA) is 93.6 Å². The number of H-pyrrole nitrogens is 1. The van der Waals surface area contributed by atoms with Gasteiger partial charge in [-0.05, 0) is 28.1 Å². The molecule has 2 heterocycles. The molecule has 0 unspecified atom stereocenters. The summed E-state index contributed by atoms with van der Waals surface area (Å²) in [4.78, 5) is 11.3. The maximum absolute atomic E-state index is 5.89. The SMILES string of the molecule is Nc1nc(N)c2c(n1)c(Br)cc1[nH]ccc12. The third-order valence-electron chi connectivity index (χ3n) is 2.50. The van der Waals surface area contributed by atoms with Crippen molar-refractivity contribution >= 4 is 49.5 Å². The third kappa shape index (κ3) is 1.16. The minimum absolute atomic E-state index is 0.181. The third-order valence-corrected chi connectivity index (χ3v) is 3.10. The summed E-state index contributed by atoms with van der Waals surface area (Å²) in [6, 6.07) is 3.89. The smallest absolute Gasteiger partial charge is 0.222 e. The largest absolute Gasteiger partial charge is 0.383 e. The average molecular weight is 278 g/mol. The fourth-order valence-electron chi connectivity index (χ4n) is 1.85. The van der Waals surface area contributed by atoms with Crippen LogP contribution in [0.25, 0.3) is 21.8 Å². The number of hydrogen-bond acceptors (Lipinski definition) is 4. The van der Waals surface area contributed by atoms with Crippen molar-refractivity contribution in [1.29, 1.82) is 0 Å². The number of anilines is 2. The Morgan fingerprint density at radius 3 is 2.88 bits per heavy atom. The highest BCUT2D eigenvalue weighted by atomic mass is 79.9. The molecule has 3 rings (SSSR count). The van der Waals surface area contributed by atoms with Crippen LogP contribution in [0.5, 0.6) is 0 Å². The number of fused-ring (bicyclic) bond motifs is 3. The fourth-order valence-corrected chi connectivity index (χ4v) is 2.37. The molecule has 3 aromatic rings. The van der Waals surface area contributed by atoms with Gasteiger partial charge in [0.1, 0.15) is 5.82 Å². The van der Waals surface area contributed by atoms with Gasteiger partial charge in [-0.25, -0.2) is 4.98 Å². The number of halogens is 1. The van der Waals surface area contributed by atoms with Gasteiger partial charge < -0.3 is 16.5 Å². The van der Waals surface area contributed by atoms with Gasteiger partial charge in [0.2, 0.25) is 5.95 Å². The Bertz CT molecular complexity index is 703. The highest BCUT2D eigenvalue weighted by molar-refractivity contribution is 9.10. The van der Waals surface area contributed by atoms with Crippen LogP contribution in [0.1, 0.15) is 0 Å². The van der Waals surface area contributed by atoms with E-state index in [2.05, 4.69) is 30.9 Å². The summed E-state index contributed by atoms with van der Waals surface area (Å²) in [6.07, 6.45) is 1.85. The Hall–Kier alpha value is -1.82. The molecule has 0 radical (unpaired) electrons. The molecule has 0 saturated carbocycles. The number of aromatic nitrogens is 3. The summed E-state index contributed by atoms with van der Waals surface area (Å²) in [7, 11) is 0. The normalized spacial score (nSPS) is 11.3. The zero-order valence-corrected chi connectivity index (χ0v) is 9.75. The first-order valence-corrected chi connectivity index (χ1v) is 5.44. The van der Waals surface area contributed by atoms with Gasteiger partial charge in [0.05, 0.1) is 10.9 Å². The van der Waals surface area contributed by atoms with E-state index in [0.717, 1.165) is 26.3 Å². The molecule has 0 aliphatic rings. The second kappa shape index (κ2) is 3.08. The van der Waals surface area contributed by atoms with Gasteiger partial charge in [-0.2, -0.15) is 4.98 Å². The van der Waals surface area contributed by atoms with Crippen molar-refractivity contribution in [3.8, 4) is 0 Å². The van der Waals surface area contributed by atoms with E-state index in [0.29, 0.717) is 5.82 Å². The van der Waals surface area contributed by atoms with Gasteiger partial charge in [0.15, 0.2) is 0 Å². The van der Waals surface area contributed by atoms with Gasteiger partial charge in [-0.3, -0.25) is 0 Å². The molecule has 1 aromatic carbocycles. The summed E-state index contributed by atoms with van der Waals surface area (Å²) >= 11 is 3.45. The predicted octanol–water partition coefficient (Wildman–Crippen LogP) is 2.04. The van der Waals surface area contributed by atoms with E-state index in [1.165, 1.54) is 0 Å². The Balaban J connectivity index is 2.66. The van der Waals surface area contributed by atoms with Crippen molar-refractivity contribution in [1.82, 2.24) is 15.0 Å². The first-order chi connectivity index (χ1) is 7.66. The molecule has 2 aromatic heterocycles. The first kappa shape index (κ1) is 9.41. The maximum atomic E-state index is 5.89. The number of benzene rings is 1. The number of nitrogen functional groups attached to an aromatic ring is 2. The van der Waals surface area contributed by atoms with Crippen LogP contribution in [0.4, 0.5) is 11.8 Å². The molecular formula is C10H8BrN5. The van der Waals surface area contributed by atoms with E-state index in [9.17, 15) is 0 Å². The first-order valence-electron chi connectivity index (χ1n) is 4.65. The zero-order chi connectivity index (χ0) is 11.3. The summed E-state index contributed by atoms with van der Waals surface area (Å²) in [5.41, 5.74) is 13.2. The molecule has 80 valence electrons. The monoisotopic (exact) mass is 277 g/mol. The lowest BCUT2D eigenvalue weighted by Crippen LogP contribution is -2.01. The van der Waals surface area contributed by atoms with Gasteiger partial charge in [0.25, 0.3) is 0 Å². The molecule has 0 aliphatic carbocycles. The number of rotatable bonds is 0. The van der Waals surface area contributed by atoms with Gasteiger partial charge in [0, 0.05) is 21.6 Å². The summed E-state index contributed by atoms with van der Waals surface area (Å²) in [5.74, 6) is 0.578. The lowest BCUT2D eigenvalue weighted by atomic mass is 10.1. The molecule has 16 heavy (non-hydrogen) atoms. The molecular weight excluding hydrogens is 270 g/mol. The molecule has 0 saturated heterocycles. The predicted molar refractivity (Wildman–Crippen MR) is 67.9 cm³/mol. The molecule has 0 aliphatic heterocycles. The number of nitrogens with one attached hydrogen (secondary N) is 1. The lowest BCUT2D eigenvalue weighted by Gasteiger charge is -2.05. The van der Waals surface area contributed by atoms with E-state index in [-0.39, 0.29) is 5.95 Å². The number of nitrogens with two attached hydrogens (primary N) is 2. The molecule has 0 spiro atoms. The molecule has 6 heteroatoms. The summed E-state index contributed by atoms with van der Waals surface area (Å²) in [5, 5.41) is 1.82. The van der Waals surface area contributed by atoms with E-state index < -0.39 is 0 Å². The van der Waals surface area contributed by atoms with Gasteiger partial charge >= 0.3 is 0 Å². The van der Waals surface area contributed by atoms with Gasteiger partial charge in [-0.15, -0.1) is 0 Å². The molecule has 0 amide bonds. The van der Waals surface area contributed by atoms with Crippen LogP contribution in [0.3, 0.4) is 0 Å². The molecule has 5 nitrogen and oxygen atoms in total. The van der Waals surface area contributed by atoms with Crippen LogP contribution in [0.2, 0.25) is 0 Å². The van der Waals surface area contributed by atoms with E-state index in [1.54, 1.807) is 0 Å². The minimum atomic E-state index is 0.181. The van der Waals surface area contributed by atoms with Crippen LogP contribution >= 0.6 is 15.9 Å². The highest BCUT2D eigenvalue weighted by Gasteiger charge is 2.11. The van der Waals surface area contributed by atoms with Crippen molar-refractivity contribution < 1.29 is 0 Å². The standard InChI is InChI=1S/C10H8BrN5/c11-5-3-6-4(1-2-14-6)7-8(5)15-10(13)16-9(7)12/h1-3,14H,(H4,12,13,15,16). The quantitative estimate of drug-likeness (QED) is 0.586. The Morgan fingerprint density at radius 2 is 2.06 bits per heavy atom. The Kier molecular flexibility index (Phi) is 1.81. The molecule has 5 N–H and O–H groups in total. The highest BCUT2D eigenvalue weighted by Crippen LogP contribution is 2.33. The van der Waals surface area contributed by atoms with E-state index in [1.807, 2.05) is 18.3 Å². The zero-order valence-electron chi connectivity index (χ0n) is 8.16. The molecule has 0 atom stereocenters.